The van der Waals surface area contributed by atoms with Crippen LogP contribution >= 0.6 is 0 Å². The van der Waals surface area contributed by atoms with Gasteiger partial charge < -0.3 is 5.11 Å². The third-order valence-electron chi connectivity index (χ3n) is 4.25. The maximum absolute atomic E-state index is 13.1. The number of aliphatic hydroxyl groups is 1. The van der Waals surface area contributed by atoms with Crippen LogP contribution in [0, 0.1) is 0 Å². The van der Waals surface area contributed by atoms with Gasteiger partial charge in [0.05, 0.1) is 22.6 Å². The number of hydrogen-bond acceptors (Lipinski definition) is 4. The lowest BCUT2D eigenvalue weighted by Gasteiger charge is -2.36. The third-order valence-corrected chi connectivity index (χ3v) is 6.23. The fourth-order valence-corrected chi connectivity index (χ4v) is 5.10. The van der Waals surface area contributed by atoms with Crippen LogP contribution in [-0.2, 0) is 10.0 Å². The van der Waals surface area contributed by atoms with Gasteiger partial charge in [-0.05, 0) is 44.0 Å². The number of benzene rings is 1. The summed E-state index contributed by atoms with van der Waals surface area (Å²) in [5.74, 6) is 0. The molecular weight excluding hydrogens is 300 g/mol. The summed E-state index contributed by atoms with van der Waals surface area (Å²) < 4.78 is 27.7. The zero-order valence-corrected chi connectivity index (χ0v) is 13.3. The van der Waals surface area contributed by atoms with Crippen LogP contribution < -0.4 is 0 Å². The molecule has 0 saturated carbocycles. The van der Waals surface area contributed by atoms with Crippen molar-refractivity contribution < 1.29 is 13.5 Å². The first-order chi connectivity index (χ1) is 10.5. The van der Waals surface area contributed by atoms with E-state index in [9.17, 15) is 13.5 Å². The van der Waals surface area contributed by atoms with Crippen molar-refractivity contribution in [2.45, 2.75) is 43.2 Å². The standard InChI is InChI=1S/C16H20N2O3S/c1-12(19)15-8-2-3-11-18(15)22(20,21)16-9-4-7-14-13(16)6-5-10-17-14/h4-7,9-10,12,15,19H,2-3,8,11H2,1H3/t12-,15-/m1/s1. The van der Waals surface area contributed by atoms with Gasteiger partial charge in [-0.25, -0.2) is 8.42 Å². The van der Waals surface area contributed by atoms with E-state index in [2.05, 4.69) is 4.98 Å². The molecule has 0 radical (unpaired) electrons. The first-order valence-electron chi connectivity index (χ1n) is 7.55. The minimum absolute atomic E-state index is 0.269. The first-order valence-corrected chi connectivity index (χ1v) is 8.99. The largest absolute Gasteiger partial charge is 0.392 e. The molecule has 1 aliphatic rings. The van der Waals surface area contributed by atoms with Gasteiger partial charge >= 0.3 is 0 Å². The Morgan fingerprint density at radius 1 is 1.27 bits per heavy atom. The van der Waals surface area contributed by atoms with E-state index >= 15 is 0 Å². The van der Waals surface area contributed by atoms with Crippen LogP contribution in [0.25, 0.3) is 10.9 Å². The van der Waals surface area contributed by atoms with E-state index in [0.717, 1.165) is 12.8 Å². The average molecular weight is 320 g/mol. The molecule has 0 bridgehead atoms. The van der Waals surface area contributed by atoms with Gasteiger partial charge in [0.25, 0.3) is 0 Å². The molecule has 2 atom stereocenters. The van der Waals surface area contributed by atoms with Gasteiger partial charge in [0.2, 0.25) is 10.0 Å². The molecule has 1 fully saturated rings. The minimum atomic E-state index is -3.65. The summed E-state index contributed by atoms with van der Waals surface area (Å²) in [4.78, 5) is 4.49. The van der Waals surface area contributed by atoms with E-state index in [-0.39, 0.29) is 10.9 Å². The lowest BCUT2D eigenvalue weighted by molar-refractivity contribution is 0.0831. The number of pyridine rings is 1. The number of hydrogen-bond donors (Lipinski definition) is 1. The number of fused-ring (bicyclic) bond motifs is 1. The quantitative estimate of drug-likeness (QED) is 0.941. The van der Waals surface area contributed by atoms with Crippen molar-refractivity contribution in [1.29, 1.82) is 0 Å². The molecule has 6 heteroatoms. The van der Waals surface area contributed by atoms with Crippen LogP contribution in [0.3, 0.4) is 0 Å². The molecule has 1 N–H and O–H groups in total. The molecule has 1 aromatic heterocycles. The predicted molar refractivity (Wildman–Crippen MR) is 85.0 cm³/mol. The molecule has 0 spiro atoms. The van der Waals surface area contributed by atoms with E-state index < -0.39 is 16.1 Å². The number of aromatic nitrogens is 1. The van der Waals surface area contributed by atoms with Gasteiger partial charge in [-0.1, -0.05) is 12.5 Å². The molecule has 1 aromatic carbocycles. The van der Waals surface area contributed by atoms with Crippen molar-refractivity contribution in [2.75, 3.05) is 6.54 Å². The lowest BCUT2D eigenvalue weighted by Crippen LogP contribution is -2.48. The van der Waals surface area contributed by atoms with Crippen molar-refractivity contribution in [3.63, 3.8) is 0 Å². The molecule has 3 rings (SSSR count). The highest BCUT2D eigenvalue weighted by atomic mass is 32.2. The number of aliphatic hydroxyl groups excluding tert-OH is 1. The molecule has 2 aromatic rings. The van der Waals surface area contributed by atoms with Crippen LogP contribution in [0.15, 0.2) is 41.4 Å². The second-order valence-corrected chi connectivity index (χ2v) is 7.60. The fraction of sp³-hybridized carbons (Fsp3) is 0.438. The Kier molecular flexibility index (Phi) is 4.16. The zero-order valence-electron chi connectivity index (χ0n) is 12.5. The molecular formula is C16H20N2O3S. The molecule has 2 heterocycles. The summed E-state index contributed by atoms with van der Waals surface area (Å²) in [7, 11) is -3.65. The molecule has 22 heavy (non-hydrogen) atoms. The van der Waals surface area contributed by atoms with Gasteiger partial charge in [-0.2, -0.15) is 4.31 Å². The Morgan fingerprint density at radius 3 is 2.86 bits per heavy atom. The molecule has 0 amide bonds. The minimum Gasteiger partial charge on any atom is -0.392 e. The SMILES string of the molecule is C[C@@H](O)[C@H]1CCCCN1S(=O)(=O)c1cccc2ncccc12. The first kappa shape index (κ1) is 15.4. The van der Waals surface area contributed by atoms with Crippen LogP contribution in [0.5, 0.6) is 0 Å². The van der Waals surface area contributed by atoms with Gasteiger partial charge in [-0.3, -0.25) is 4.98 Å². The number of nitrogens with zero attached hydrogens (tertiary/aromatic N) is 2. The van der Waals surface area contributed by atoms with Crippen molar-refractivity contribution in [3.05, 3.63) is 36.5 Å². The average Bonchev–Trinajstić information content (AvgIpc) is 2.54. The van der Waals surface area contributed by atoms with Gasteiger partial charge in [0.15, 0.2) is 0 Å². The molecule has 1 saturated heterocycles. The Hall–Kier alpha value is -1.50. The monoisotopic (exact) mass is 320 g/mol. The summed E-state index contributed by atoms with van der Waals surface area (Å²) in [6, 6.07) is 8.29. The number of rotatable bonds is 3. The summed E-state index contributed by atoms with van der Waals surface area (Å²) in [5, 5.41) is 10.6. The Morgan fingerprint density at radius 2 is 2.09 bits per heavy atom. The van der Waals surface area contributed by atoms with E-state index in [1.807, 2.05) is 0 Å². The topological polar surface area (TPSA) is 70.5 Å². The van der Waals surface area contributed by atoms with Crippen molar-refractivity contribution in [3.8, 4) is 0 Å². The van der Waals surface area contributed by atoms with Crippen molar-refractivity contribution >= 4 is 20.9 Å². The Bertz CT molecular complexity index is 769. The van der Waals surface area contributed by atoms with Crippen LogP contribution in [0.2, 0.25) is 0 Å². The molecule has 1 aliphatic heterocycles. The summed E-state index contributed by atoms with van der Waals surface area (Å²) in [6.07, 6.45) is 3.44. The Labute approximate surface area is 130 Å². The highest BCUT2D eigenvalue weighted by Gasteiger charge is 2.36. The van der Waals surface area contributed by atoms with E-state index in [1.54, 1.807) is 43.5 Å². The predicted octanol–water partition coefficient (Wildman–Crippen LogP) is 2.16. The second kappa shape index (κ2) is 5.95. The normalized spacial score (nSPS) is 21.8. The molecule has 0 unspecified atom stereocenters. The van der Waals surface area contributed by atoms with Gasteiger partial charge in [0.1, 0.15) is 0 Å². The fourth-order valence-electron chi connectivity index (χ4n) is 3.14. The maximum Gasteiger partial charge on any atom is 0.244 e. The smallest absolute Gasteiger partial charge is 0.244 e. The summed E-state index contributed by atoms with van der Waals surface area (Å²) >= 11 is 0. The number of piperidine rings is 1. The summed E-state index contributed by atoms with van der Waals surface area (Å²) in [5.41, 5.74) is 0.661. The molecule has 5 nitrogen and oxygen atoms in total. The zero-order chi connectivity index (χ0) is 15.7. The van der Waals surface area contributed by atoms with Gasteiger partial charge in [0, 0.05) is 18.1 Å². The highest BCUT2D eigenvalue weighted by molar-refractivity contribution is 7.89. The lowest BCUT2D eigenvalue weighted by atomic mass is 10.0. The molecule has 0 aliphatic carbocycles. The van der Waals surface area contributed by atoms with Crippen LogP contribution in [0.4, 0.5) is 0 Å². The van der Waals surface area contributed by atoms with E-state index in [4.69, 9.17) is 0 Å². The van der Waals surface area contributed by atoms with Crippen LogP contribution in [0.1, 0.15) is 26.2 Å². The Balaban J connectivity index is 2.11. The van der Waals surface area contributed by atoms with Crippen LogP contribution in [-0.4, -0.2) is 41.5 Å². The van der Waals surface area contributed by atoms with Crippen molar-refractivity contribution in [1.82, 2.24) is 9.29 Å². The maximum atomic E-state index is 13.1. The molecule has 118 valence electrons. The third kappa shape index (κ3) is 2.62. The number of sulfonamides is 1. The van der Waals surface area contributed by atoms with Gasteiger partial charge in [-0.15, -0.1) is 0 Å². The summed E-state index contributed by atoms with van der Waals surface area (Å²) in [6.45, 7) is 2.11. The van der Waals surface area contributed by atoms with E-state index in [0.29, 0.717) is 23.9 Å². The highest BCUT2D eigenvalue weighted by Crippen LogP contribution is 2.30. The van der Waals surface area contributed by atoms with E-state index in [1.165, 1.54) is 4.31 Å². The van der Waals surface area contributed by atoms with Crippen molar-refractivity contribution in [2.24, 2.45) is 0 Å². The second-order valence-electron chi connectivity index (χ2n) is 5.75.